The number of nitrogens with zero attached hydrogens (tertiary/aromatic N) is 4. The maximum absolute atomic E-state index is 6.93. The van der Waals surface area contributed by atoms with Crippen LogP contribution in [0.2, 0.25) is 0 Å². The Morgan fingerprint density at radius 2 is 0.667 bits per heavy atom. The van der Waals surface area contributed by atoms with Gasteiger partial charge in [-0.3, -0.25) is 0 Å². The number of hydrogen-bond donors (Lipinski definition) is 2. The lowest BCUT2D eigenvalue weighted by atomic mass is 10.1. The van der Waals surface area contributed by atoms with E-state index in [1.165, 1.54) is 37.8 Å². The van der Waals surface area contributed by atoms with E-state index in [1.807, 2.05) is 6.07 Å². The van der Waals surface area contributed by atoms with Gasteiger partial charge in [0.1, 0.15) is 0 Å². The molecular formula is C60H42N6. The lowest BCUT2D eigenvalue weighted by Crippen LogP contribution is -2.11. The second-order valence-electron chi connectivity index (χ2n) is 17.0. The largest absolute Gasteiger partial charge is 0.399 e. The minimum absolute atomic E-state index is 0.658. The molecule has 0 atom stereocenters. The van der Waals surface area contributed by atoms with Crippen LogP contribution < -0.4 is 16.0 Å². The number of hydrogen-bond acceptors (Lipinski definition) is 3. The minimum Gasteiger partial charge on any atom is -0.399 e. The maximum atomic E-state index is 6.93. The first-order valence-corrected chi connectivity index (χ1v) is 22.4. The molecule has 13 rings (SSSR count). The van der Waals surface area contributed by atoms with Gasteiger partial charge in [-0.05, 0) is 127 Å². The van der Waals surface area contributed by atoms with Crippen molar-refractivity contribution in [2.75, 3.05) is 16.0 Å². The van der Waals surface area contributed by atoms with Gasteiger partial charge in [0.15, 0.2) is 0 Å². The second-order valence-corrected chi connectivity index (χ2v) is 17.0. The first-order chi connectivity index (χ1) is 32.6. The Labute approximate surface area is 381 Å². The summed E-state index contributed by atoms with van der Waals surface area (Å²) in [6.45, 7) is 0. The molecule has 312 valence electrons. The quantitative estimate of drug-likeness (QED) is 0.150. The fourth-order valence-electron chi connectivity index (χ4n) is 10.3. The van der Waals surface area contributed by atoms with Crippen molar-refractivity contribution < 1.29 is 0 Å². The number of aromatic nitrogens is 3. The molecule has 13 aromatic rings. The number of nitrogen functional groups attached to an aromatic ring is 1. The van der Waals surface area contributed by atoms with Crippen LogP contribution in [0.4, 0.5) is 34.1 Å². The summed E-state index contributed by atoms with van der Waals surface area (Å²) in [4.78, 5) is 2.35. The van der Waals surface area contributed by atoms with Gasteiger partial charge in [-0.2, -0.15) is 0 Å². The minimum atomic E-state index is 0.658. The van der Waals surface area contributed by atoms with Crippen LogP contribution in [0.15, 0.2) is 237 Å². The van der Waals surface area contributed by atoms with Gasteiger partial charge in [0.2, 0.25) is 0 Å². The van der Waals surface area contributed by atoms with Crippen LogP contribution >= 0.6 is 0 Å². The van der Waals surface area contributed by atoms with Crippen molar-refractivity contribution >= 4 is 99.5 Å². The third-order valence-electron chi connectivity index (χ3n) is 13.0. The Morgan fingerprint density at radius 3 is 1.12 bits per heavy atom. The highest BCUT2D eigenvalue weighted by atomic mass is 15.1. The topological polar surface area (TPSA) is 56.1 Å². The Morgan fingerprint density at radius 1 is 0.288 bits per heavy atom. The molecule has 3 heterocycles. The summed E-state index contributed by atoms with van der Waals surface area (Å²) in [5, 5.41) is 10.9. The SMILES string of the molecule is Nc1cc(Nc2ccc3c(c2)c2ccccc2n3-c2ccccc2)cc(N(c2ccc3c(c2)c2ccccc2n3-c2ccccc2)c2ccc3c(c2)c2ccccc2n3-c2ccccc2)c1. The van der Waals surface area contributed by atoms with Crippen LogP contribution in [0.25, 0.3) is 82.5 Å². The average molecular weight is 847 g/mol. The monoisotopic (exact) mass is 846 g/mol. The molecule has 0 radical (unpaired) electrons. The first-order valence-electron chi connectivity index (χ1n) is 22.4. The molecule has 0 saturated carbocycles. The fourth-order valence-corrected chi connectivity index (χ4v) is 10.3. The van der Waals surface area contributed by atoms with Gasteiger partial charge in [-0.25, -0.2) is 0 Å². The van der Waals surface area contributed by atoms with Gasteiger partial charge in [-0.1, -0.05) is 109 Å². The average Bonchev–Trinajstić information content (AvgIpc) is 4.00. The second kappa shape index (κ2) is 15.1. The Bertz CT molecular complexity index is 3820. The van der Waals surface area contributed by atoms with Crippen LogP contribution in [-0.4, -0.2) is 13.7 Å². The van der Waals surface area contributed by atoms with Crippen molar-refractivity contribution in [1.29, 1.82) is 0 Å². The number of benzene rings is 10. The van der Waals surface area contributed by atoms with Gasteiger partial charge in [-0.15, -0.1) is 0 Å². The standard InChI is InChI=1S/C60H42N6/c61-40-34-42(62-41-28-31-58-52(37-41)49-22-10-13-25-55(49)64(58)43-16-4-1-5-17-43)36-48(35-40)63(46-29-32-59-53(38-46)50-23-11-14-26-56(50)65(59)44-18-6-2-7-19-44)47-30-33-60-54(39-47)51-24-12-15-27-57(51)66(60)45-20-8-3-9-21-45/h1-39,62H,61H2. The molecule has 10 aromatic carbocycles. The molecule has 0 fully saturated rings. The van der Waals surface area contributed by atoms with E-state index in [4.69, 9.17) is 5.73 Å². The summed E-state index contributed by atoms with van der Waals surface area (Å²) in [5.41, 5.74) is 22.8. The van der Waals surface area contributed by atoms with Crippen molar-refractivity contribution in [1.82, 2.24) is 13.7 Å². The summed E-state index contributed by atoms with van der Waals surface area (Å²) in [5.74, 6) is 0. The van der Waals surface area contributed by atoms with E-state index in [0.29, 0.717) is 5.69 Å². The van der Waals surface area contributed by atoms with Crippen LogP contribution in [-0.2, 0) is 0 Å². The van der Waals surface area contributed by atoms with Crippen molar-refractivity contribution in [3.05, 3.63) is 237 Å². The number of para-hydroxylation sites is 6. The van der Waals surface area contributed by atoms with Crippen molar-refractivity contribution in [2.45, 2.75) is 0 Å². The molecule has 0 aliphatic heterocycles. The molecular weight excluding hydrogens is 805 g/mol. The normalized spacial score (nSPS) is 11.7. The molecule has 0 unspecified atom stereocenters. The Hall–Kier alpha value is -9.00. The number of rotatable bonds is 8. The van der Waals surface area contributed by atoms with Gasteiger partial charge >= 0.3 is 0 Å². The van der Waals surface area contributed by atoms with Gasteiger partial charge in [0, 0.05) is 77.8 Å². The third-order valence-corrected chi connectivity index (χ3v) is 13.0. The number of anilines is 6. The van der Waals surface area contributed by atoms with E-state index in [1.54, 1.807) is 0 Å². The highest BCUT2D eigenvalue weighted by Gasteiger charge is 2.21. The molecule has 0 spiro atoms. The summed E-state index contributed by atoms with van der Waals surface area (Å²) in [6, 6.07) is 84.4. The van der Waals surface area contributed by atoms with E-state index in [-0.39, 0.29) is 0 Å². The molecule has 3 aromatic heterocycles. The van der Waals surface area contributed by atoms with Gasteiger partial charge in [0.25, 0.3) is 0 Å². The maximum Gasteiger partial charge on any atom is 0.0542 e. The van der Waals surface area contributed by atoms with Crippen molar-refractivity contribution in [3.63, 3.8) is 0 Å². The predicted octanol–water partition coefficient (Wildman–Crippen LogP) is 15.8. The van der Waals surface area contributed by atoms with Gasteiger partial charge in [0.05, 0.1) is 38.8 Å². The fraction of sp³-hybridized carbons (Fsp3) is 0. The van der Waals surface area contributed by atoms with E-state index in [2.05, 4.69) is 254 Å². The smallest absolute Gasteiger partial charge is 0.0542 e. The van der Waals surface area contributed by atoms with E-state index in [0.717, 1.165) is 73.1 Å². The van der Waals surface area contributed by atoms with Crippen LogP contribution in [0.5, 0.6) is 0 Å². The van der Waals surface area contributed by atoms with Crippen LogP contribution in [0, 0.1) is 0 Å². The van der Waals surface area contributed by atoms with Gasteiger partial charge < -0.3 is 29.7 Å². The van der Waals surface area contributed by atoms with Crippen molar-refractivity contribution in [2.24, 2.45) is 0 Å². The molecule has 6 heteroatoms. The molecule has 0 aliphatic rings. The molecule has 0 aliphatic carbocycles. The Kier molecular flexibility index (Phi) is 8.58. The number of fused-ring (bicyclic) bond motifs is 9. The molecule has 6 nitrogen and oxygen atoms in total. The van der Waals surface area contributed by atoms with Crippen LogP contribution in [0.1, 0.15) is 0 Å². The highest BCUT2D eigenvalue weighted by Crippen LogP contribution is 2.44. The summed E-state index contributed by atoms with van der Waals surface area (Å²) >= 11 is 0. The number of nitrogens with one attached hydrogen (secondary N) is 1. The van der Waals surface area contributed by atoms with E-state index in [9.17, 15) is 0 Å². The number of nitrogens with two attached hydrogens (primary N) is 1. The Balaban J connectivity index is 0.992. The summed E-state index contributed by atoms with van der Waals surface area (Å²) in [7, 11) is 0. The predicted molar refractivity (Wildman–Crippen MR) is 278 cm³/mol. The summed E-state index contributed by atoms with van der Waals surface area (Å²) in [6.07, 6.45) is 0. The first kappa shape index (κ1) is 37.5. The molecule has 0 saturated heterocycles. The zero-order valence-corrected chi connectivity index (χ0v) is 35.9. The lowest BCUT2D eigenvalue weighted by Gasteiger charge is -2.27. The van der Waals surface area contributed by atoms with Crippen molar-refractivity contribution in [3.8, 4) is 17.1 Å². The highest BCUT2D eigenvalue weighted by molar-refractivity contribution is 6.13. The lowest BCUT2D eigenvalue weighted by molar-refractivity contribution is 1.18. The molecule has 3 N–H and O–H groups in total. The third kappa shape index (κ3) is 6.04. The molecule has 66 heavy (non-hydrogen) atoms. The summed E-state index contributed by atoms with van der Waals surface area (Å²) < 4.78 is 7.06. The zero-order chi connectivity index (χ0) is 43.7. The van der Waals surface area contributed by atoms with E-state index >= 15 is 0 Å². The molecule has 0 bridgehead atoms. The molecule has 0 amide bonds. The zero-order valence-electron chi connectivity index (χ0n) is 35.9. The van der Waals surface area contributed by atoms with Crippen LogP contribution in [0.3, 0.4) is 0 Å². The van der Waals surface area contributed by atoms with E-state index < -0.39 is 0 Å².